The smallest absolute Gasteiger partial charge is 0.377 e. The van der Waals surface area contributed by atoms with Crippen LogP contribution in [0.5, 0.6) is 5.75 Å². The van der Waals surface area contributed by atoms with Gasteiger partial charge in [-0.2, -0.15) is 47.2 Å². The molecule has 4 rings (SSSR count). The molecule has 3 aliphatic carbocycles. The van der Waals surface area contributed by atoms with Crippen LogP contribution in [0, 0.1) is 0 Å². The van der Waals surface area contributed by atoms with Gasteiger partial charge in [-0.1, -0.05) is 69.9 Å². The minimum absolute atomic E-state index is 0.164. The number of benzene rings is 1. The molecule has 0 N–H and O–H groups in total. The maximum atomic E-state index is 15.0. The lowest BCUT2D eigenvalue weighted by molar-refractivity contribution is -0.0501. The van der Waals surface area contributed by atoms with Crippen molar-refractivity contribution in [3.63, 3.8) is 0 Å². The largest absolute Gasteiger partial charge is 0.524 e. The second kappa shape index (κ2) is 12.5. The Balaban J connectivity index is 1.83. The lowest BCUT2D eigenvalue weighted by Crippen LogP contribution is -2.44. The lowest BCUT2D eigenvalue weighted by atomic mass is 9.75. The Labute approximate surface area is 243 Å². The monoisotopic (exact) mass is 666 g/mol. The highest BCUT2D eigenvalue weighted by Gasteiger charge is 2.65. The Kier molecular flexibility index (Phi) is 9.91. The van der Waals surface area contributed by atoms with Crippen LogP contribution in [0.2, 0.25) is 0 Å². The molecule has 1 aromatic carbocycles. The van der Waals surface area contributed by atoms with Gasteiger partial charge in [0, 0.05) is 0 Å². The van der Waals surface area contributed by atoms with Crippen LogP contribution in [0.25, 0.3) is 0 Å². The van der Waals surface area contributed by atoms with Crippen molar-refractivity contribution in [1.82, 2.24) is 0 Å². The molecule has 0 aliphatic heterocycles. The fraction of sp³-hybridized carbons (Fsp3) is 0.769. The van der Waals surface area contributed by atoms with Crippen molar-refractivity contribution in [2.75, 3.05) is 0 Å². The summed E-state index contributed by atoms with van der Waals surface area (Å²) in [6, 6.07) is 3.50. The minimum Gasteiger partial charge on any atom is -0.377 e. The molecule has 0 heterocycles. The van der Waals surface area contributed by atoms with Crippen molar-refractivity contribution in [1.29, 1.82) is 0 Å². The normalized spacial score (nSPS) is 21.4. The molecule has 0 radical (unpaired) electrons. The predicted octanol–water partition coefficient (Wildman–Crippen LogP) is 7.28. The number of halogens is 5. The number of hydrogen-bond acceptors (Lipinski definition) is 8. The van der Waals surface area contributed by atoms with Crippen LogP contribution in [-0.4, -0.2) is 35.3 Å². The Morgan fingerprint density at radius 1 is 0.548 bits per heavy atom. The molecule has 42 heavy (non-hydrogen) atoms. The summed E-state index contributed by atoms with van der Waals surface area (Å²) in [5.74, 6) is -0.831. The van der Waals surface area contributed by atoms with Gasteiger partial charge in [-0.25, -0.2) is 0 Å². The van der Waals surface area contributed by atoms with E-state index < -0.39 is 46.2 Å². The van der Waals surface area contributed by atoms with Crippen LogP contribution in [0.4, 0.5) is 22.0 Å². The van der Waals surface area contributed by atoms with E-state index in [2.05, 4.69) is 3.63 Å². The summed E-state index contributed by atoms with van der Waals surface area (Å²) < 4.78 is 142. The summed E-state index contributed by atoms with van der Waals surface area (Å²) in [6.45, 7) is 0. The van der Waals surface area contributed by atoms with Crippen molar-refractivity contribution < 1.29 is 55.0 Å². The van der Waals surface area contributed by atoms with Gasteiger partial charge >= 0.3 is 40.4 Å². The van der Waals surface area contributed by atoms with E-state index >= 15 is 8.78 Å². The topological polar surface area (TPSA) is 121 Å². The zero-order chi connectivity index (χ0) is 31.0. The van der Waals surface area contributed by atoms with Gasteiger partial charge in [0.15, 0.2) is 0 Å². The maximum Gasteiger partial charge on any atom is 0.524 e. The van der Waals surface area contributed by atoms with Gasteiger partial charge in [0.2, 0.25) is 0 Å². The number of alkyl halides is 5. The molecule has 0 aromatic heterocycles. The Bertz CT molecular complexity index is 1400. The second-order valence-corrected chi connectivity index (χ2v) is 16.6. The Morgan fingerprint density at radius 2 is 0.929 bits per heavy atom. The second-order valence-electron chi connectivity index (χ2n) is 11.5. The van der Waals surface area contributed by atoms with Crippen molar-refractivity contribution >= 4 is 30.4 Å². The SMILES string of the molecule is O=S(=O)(OS(=O)(=O)C(F)(F)S(=O)(=O)Oc1c(C2CCCCC2)cc(C2CCCCC2)cc1C1CCCCC1)C(F)(F)F. The van der Waals surface area contributed by atoms with E-state index in [-0.39, 0.29) is 17.8 Å². The molecule has 0 unspecified atom stereocenters. The molecule has 3 fully saturated rings. The Morgan fingerprint density at radius 3 is 1.31 bits per heavy atom. The van der Waals surface area contributed by atoms with Crippen LogP contribution >= 0.6 is 0 Å². The average Bonchev–Trinajstić information content (AvgIpc) is 2.93. The molecule has 240 valence electrons. The first-order valence-corrected chi connectivity index (χ1v) is 18.5. The van der Waals surface area contributed by atoms with Crippen LogP contribution in [0.3, 0.4) is 0 Å². The van der Waals surface area contributed by atoms with E-state index in [0.717, 1.165) is 76.2 Å². The van der Waals surface area contributed by atoms with Gasteiger partial charge in [0.25, 0.3) is 0 Å². The highest BCUT2D eigenvalue weighted by molar-refractivity contribution is 8.09. The first-order valence-electron chi connectivity index (χ1n) is 14.2. The fourth-order valence-electron chi connectivity index (χ4n) is 6.38. The third kappa shape index (κ3) is 6.90. The van der Waals surface area contributed by atoms with E-state index in [1.165, 1.54) is 0 Å². The first kappa shape index (κ1) is 33.4. The highest BCUT2D eigenvalue weighted by atomic mass is 32.3. The van der Waals surface area contributed by atoms with Crippen LogP contribution < -0.4 is 4.18 Å². The van der Waals surface area contributed by atoms with E-state index in [9.17, 15) is 38.4 Å². The van der Waals surface area contributed by atoms with Gasteiger partial charge in [0.1, 0.15) is 5.75 Å². The number of hydrogen-bond donors (Lipinski definition) is 0. The molecule has 16 heteroatoms. The first-order chi connectivity index (χ1) is 19.5. The fourth-order valence-corrected chi connectivity index (χ4v) is 9.81. The quantitative estimate of drug-likeness (QED) is 0.153. The van der Waals surface area contributed by atoms with Crippen LogP contribution in [0.15, 0.2) is 12.1 Å². The molecule has 0 bridgehead atoms. The molecule has 3 aliphatic rings. The minimum atomic E-state index is -7.23. The molecule has 3 saturated carbocycles. The summed E-state index contributed by atoms with van der Waals surface area (Å²) in [7, 11) is -21.0. The third-order valence-corrected chi connectivity index (χ3v) is 13.3. The molecule has 0 spiro atoms. The van der Waals surface area contributed by atoms with Gasteiger partial charge in [-0.05, 0) is 73.0 Å². The van der Waals surface area contributed by atoms with E-state index in [4.69, 9.17) is 4.18 Å². The van der Waals surface area contributed by atoms with Crippen molar-refractivity contribution in [2.24, 2.45) is 0 Å². The van der Waals surface area contributed by atoms with Crippen molar-refractivity contribution in [3.05, 3.63) is 28.8 Å². The van der Waals surface area contributed by atoms with Gasteiger partial charge in [0.05, 0.1) is 0 Å². The summed E-state index contributed by atoms with van der Waals surface area (Å²) in [5, 5.41) is 0. The van der Waals surface area contributed by atoms with Gasteiger partial charge in [-0.15, -0.1) is 3.63 Å². The molecular formula is C26H35F5O8S3. The lowest BCUT2D eigenvalue weighted by Gasteiger charge is -2.32. The average molecular weight is 667 g/mol. The van der Waals surface area contributed by atoms with Gasteiger partial charge < -0.3 is 4.18 Å². The Hall–Kier alpha value is -1.52. The summed E-state index contributed by atoms with van der Waals surface area (Å²) >= 11 is 0. The summed E-state index contributed by atoms with van der Waals surface area (Å²) in [5.41, 5.74) is -4.78. The van der Waals surface area contributed by atoms with Crippen molar-refractivity contribution in [3.8, 4) is 5.75 Å². The standard InChI is InChI=1S/C26H35F5O8S3/c27-25(28,29)40(32,33)39-42(36,37)26(30,31)41(34,35)38-24-22(19-12-6-2-7-13-19)16-21(18-10-4-1-5-11-18)17-23(24)20-14-8-3-9-15-20/h16-20H,1-15H2. The summed E-state index contributed by atoms with van der Waals surface area (Å²) in [6.07, 6.45) is 12.3. The molecule has 8 nitrogen and oxygen atoms in total. The predicted molar refractivity (Wildman–Crippen MR) is 143 cm³/mol. The van der Waals surface area contributed by atoms with Crippen molar-refractivity contribution in [2.45, 2.75) is 124 Å². The number of rotatable bonds is 9. The molecule has 0 amide bonds. The zero-order valence-electron chi connectivity index (χ0n) is 22.9. The van der Waals surface area contributed by atoms with E-state index in [1.54, 1.807) is 12.1 Å². The highest BCUT2D eigenvalue weighted by Crippen LogP contribution is 2.49. The summed E-state index contributed by atoms with van der Waals surface area (Å²) in [4.78, 5) is 0. The molecule has 0 saturated heterocycles. The maximum absolute atomic E-state index is 15.0. The van der Waals surface area contributed by atoms with Crippen LogP contribution in [0.1, 0.15) is 131 Å². The molecular weight excluding hydrogens is 631 g/mol. The zero-order valence-corrected chi connectivity index (χ0v) is 25.3. The van der Waals surface area contributed by atoms with Gasteiger partial charge in [-0.3, -0.25) is 0 Å². The van der Waals surface area contributed by atoms with E-state index in [0.29, 0.717) is 36.8 Å². The third-order valence-electron chi connectivity index (χ3n) is 8.57. The van der Waals surface area contributed by atoms with Crippen LogP contribution in [-0.2, 0) is 34.0 Å². The van der Waals surface area contributed by atoms with E-state index in [1.807, 2.05) is 0 Å². The molecule has 1 aromatic rings. The molecule has 0 atom stereocenters.